The van der Waals surface area contributed by atoms with Crippen molar-refractivity contribution in [1.82, 2.24) is 15.1 Å². The molecule has 1 aromatic heterocycles. The van der Waals surface area contributed by atoms with Gasteiger partial charge in [-0.15, -0.1) is 10.2 Å². The van der Waals surface area contributed by atoms with Crippen LogP contribution >= 0.6 is 23.5 Å². The van der Waals surface area contributed by atoms with E-state index in [4.69, 9.17) is 9.15 Å². The molecule has 0 atom stereocenters. The molecule has 1 aliphatic rings. The minimum atomic E-state index is -0.438. The van der Waals surface area contributed by atoms with Crippen molar-refractivity contribution in [1.29, 1.82) is 0 Å². The lowest BCUT2D eigenvalue weighted by Gasteiger charge is -2.15. The Morgan fingerprint density at radius 2 is 2.19 bits per heavy atom. The first-order chi connectivity index (χ1) is 12.7. The zero-order valence-electron chi connectivity index (χ0n) is 14.1. The second kappa shape index (κ2) is 8.91. The molecule has 9 heteroatoms. The van der Waals surface area contributed by atoms with Gasteiger partial charge in [0.25, 0.3) is 5.22 Å². The summed E-state index contributed by atoms with van der Waals surface area (Å²) in [4.78, 5) is 25.2. The molecule has 26 heavy (non-hydrogen) atoms. The van der Waals surface area contributed by atoms with Crippen LogP contribution in [0.3, 0.4) is 0 Å². The van der Waals surface area contributed by atoms with E-state index in [1.54, 1.807) is 11.8 Å². The first-order valence-electron chi connectivity index (χ1n) is 8.00. The van der Waals surface area contributed by atoms with Crippen LogP contribution in [0.1, 0.15) is 6.92 Å². The molecule has 0 aliphatic carbocycles. The number of nitrogens with zero attached hydrogens (tertiary/aromatic N) is 3. The lowest BCUT2D eigenvalue weighted by Crippen LogP contribution is -2.27. The molecule has 1 aromatic carbocycles. The predicted octanol–water partition coefficient (Wildman–Crippen LogP) is 2.81. The summed E-state index contributed by atoms with van der Waals surface area (Å²) in [7, 11) is 0. The maximum atomic E-state index is 12.0. The Morgan fingerprint density at radius 1 is 1.38 bits per heavy atom. The number of rotatable bonds is 7. The average Bonchev–Trinajstić information content (AvgIpc) is 3.25. The Hall–Kier alpha value is -2.26. The fraction of sp³-hybridized carbons (Fsp3) is 0.294. The summed E-state index contributed by atoms with van der Waals surface area (Å²) in [5, 5.41) is 9.11. The number of esters is 1. The van der Waals surface area contributed by atoms with Crippen molar-refractivity contribution in [2.75, 3.05) is 24.7 Å². The molecule has 0 N–H and O–H groups in total. The van der Waals surface area contributed by atoms with Crippen LogP contribution in [-0.4, -0.2) is 51.6 Å². The van der Waals surface area contributed by atoms with E-state index in [1.807, 2.05) is 30.3 Å². The topological polar surface area (TPSA) is 85.5 Å². The van der Waals surface area contributed by atoms with Crippen molar-refractivity contribution in [2.24, 2.45) is 0 Å². The van der Waals surface area contributed by atoms with Crippen molar-refractivity contribution in [3.8, 4) is 11.5 Å². The molecular weight excluding hydrogens is 374 g/mol. The Bertz CT molecular complexity index is 807. The Morgan fingerprint density at radius 3 is 2.96 bits per heavy atom. The van der Waals surface area contributed by atoms with Gasteiger partial charge in [0.15, 0.2) is 0 Å². The van der Waals surface area contributed by atoms with Crippen LogP contribution in [-0.2, 0) is 14.3 Å². The largest absolute Gasteiger partial charge is 0.463 e. The lowest BCUT2D eigenvalue weighted by atomic mass is 10.2. The summed E-state index contributed by atoms with van der Waals surface area (Å²) >= 11 is 2.71. The summed E-state index contributed by atoms with van der Waals surface area (Å²) in [6, 6.07) is 9.52. The van der Waals surface area contributed by atoms with Gasteiger partial charge >= 0.3 is 5.97 Å². The highest BCUT2D eigenvalue weighted by molar-refractivity contribution is 8.04. The summed E-state index contributed by atoms with van der Waals surface area (Å²) in [6.07, 6.45) is 1.37. The van der Waals surface area contributed by atoms with Gasteiger partial charge in [-0.25, -0.2) is 4.79 Å². The fourth-order valence-electron chi connectivity index (χ4n) is 2.24. The quantitative estimate of drug-likeness (QED) is 0.405. The summed E-state index contributed by atoms with van der Waals surface area (Å²) in [5.74, 6) is 0.898. The van der Waals surface area contributed by atoms with E-state index in [-0.39, 0.29) is 5.91 Å². The molecule has 0 bridgehead atoms. The molecule has 0 unspecified atom stereocenters. The second-order valence-electron chi connectivity index (χ2n) is 5.16. The molecule has 136 valence electrons. The average molecular weight is 391 g/mol. The monoisotopic (exact) mass is 391 g/mol. The summed E-state index contributed by atoms with van der Waals surface area (Å²) in [6.45, 7) is 2.49. The number of amides is 1. The van der Waals surface area contributed by atoms with Gasteiger partial charge in [0.1, 0.15) is 0 Å². The van der Waals surface area contributed by atoms with Gasteiger partial charge in [-0.2, -0.15) is 0 Å². The number of ether oxygens (including phenoxy) is 1. The number of carbonyl (C=O) groups excluding carboxylic acids is 2. The third kappa shape index (κ3) is 4.67. The third-order valence-electron chi connectivity index (χ3n) is 3.41. The van der Waals surface area contributed by atoms with Crippen LogP contribution in [0, 0.1) is 0 Å². The van der Waals surface area contributed by atoms with E-state index in [1.165, 1.54) is 29.6 Å². The zero-order valence-corrected chi connectivity index (χ0v) is 15.7. The van der Waals surface area contributed by atoms with Gasteiger partial charge in [-0.1, -0.05) is 41.7 Å². The number of aromatic nitrogens is 2. The van der Waals surface area contributed by atoms with Crippen LogP contribution in [0.25, 0.3) is 11.5 Å². The Kier molecular flexibility index (Phi) is 6.35. The maximum Gasteiger partial charge on any atom is 0.333 e. The zero-order chi connectivity index (χ0) is 18.4. The Labute approximate surface area is 159 Å². The Balaban J connectivity index is 1.56. The van der Waals surface area contributed by atoms with Crippen molar-refractivity contribution in [2.45, 2.75) is 12.1 Å². The van der Waals surface area contributed by atoms with Crippen LogP contribution < -0.4 is 0 Å². The van der Waals surface area contributed by atoms with Crippen LogP contribution in [0.4, 0.5) is 0 Å². The SMILES string of the molecule is CCOC(=O)/C=C1\SCC(=O)N1CCSc1nnc(-c2ccccc2)o1. The predicted molar refractivity (Wildman–Crippen MR) is 99.3 cm³/mol. The molecule has 0 saturated carbocycles. The highest BCUT2D eigenvalue weighted by Crippen LogP contribution is 2.30. The van der Waals surface area contributed by atoms with Gasteiger partial charge in [0, 0.05) is 17.9 Å². The molecule has 1 saturated heterocycles. The van der Waals surface area contributed by atoms with E-state index in [9.17, 15) is 9.59 Å². The minimum Gasteiger partial charge on any atom is -0.463 e. The van der Waals surface area contributed by atoms with E-state index < -0.39 is 5.97 Å². The van der Waals surface area contributed by atoms with E-state index >= 15 is 0 Å². The maximum absolute atomic E-state index is 12.0. The first-order valence-corrected chi connectivity index (χ1v) is 9.98. The lowest BCUT2D eigenvalue weighted by molar-refractivity contribution is -0.137. The first kappa shape index (κ1) is 18.5. The smallest absolute Gasteiger partial charge is 0.333 e. The van der Waals surface area contributed by atoms with Crippen molar-refractivity contribution >= 4 is 35.4 Å². The van der Waals surface area contributed by atoms with Gasteiger partial charge < -0.3 is 14.1 Å². The number of thioether (sulfide) groups is 2. The summed E-state index contributed by atoms with van der Waals surface area (Å²) in [5.41, 5.74) is 0.859. The van der Waals surface area contributed by atoms with E-state index in [0.29, 0.717) is 40.8 Å². The van der Waals surface area contributed by atoms with E-state index in [2.05, 4.69) is 10.2 Å². The van der Waals surface area contributed by atoms with Gasteiger partial charge in [0.2, 0.25) is 11.8 Å². The van der Waals surface area contributed by atoms with Crippen LogP contribution in [0.2, 0.25) is 0 Å². The highest BCUT2D eigenvalue weighted by atomic mass is 32.2. The standard InChI is InChI=1S/C17H17N3O4S2/c1-2-23-15(22)10-14-20(13(21)11-26-14)8-9-25-17-19-18-16(24-17)12-6-4-3-5-7-12/h3-7,10H,2,8-9,11H2,1H3/b14-10-. The van der Waals surface area contributed by atoms with Crippen molar-refractivity contribution < 1.29 is 18.7 Å². The molecule has 1 fully saturated rings. The molecule has 0 radical (unpaired) electrons. The van der Waals surface area contributed by atoms with Gasteiger partial charge in [0.05, 0.1) is 23.5 Å². The summed E-state index contributed by atoms with van der Waals surface area (Å²) < 4.78 is 10.5. The van der Waals surface area contributed by atoms with Crippen molar-refractivity contribution in [3.05, 3.63) is 41.4 Å². The van der Waals surface area contributed by atoms with Gasteiger partial charge in [-0.3, -0.25) is 4.79 Å². The number of hydrogen-bond donors (Lipinski definition) is 0. The van der Waals surface area contributed by atoms with E-state index in [0.717, 1.165) is 5.56 Å². The number of benzene rings is 1. The molecule has 3 rings (SSSR count). The van der Waals surface area contributed by atoms with Crippen LogP contribution in [0.15, 0.2) is 51.1 Å². The molecule has 2 heterocycles. The molecule has 1 aliphatic heterocycles. The fourth-order valence-corrected chi connectivity index (χ4v) is 3.88. The molecule has 7 nitrogen and oxygen atoms in total. The molecule has 1 amide bonds. The van der Waals surface area contributed by atoms with Gasteiger partial charge in [-0.05, 0) is 19.1 Å². The highest BCUT2D eigenvalue weighted by Gasteiger charge is 2.27. The van der Waals surface area contributed by atoms with Crippen LogP contribution in [0.5, 0.6) is 0 Å². The number of hydrogen-bond acceptors (Lipinski definition) is 8. The molecule has 0 spiro atoms. The molecule has 2 aromatic rings. The normalized spacial score (nSPS) is 15.7. The van der Waals surface area contributed by atoms with Crippen molar-refractivity contribution in [3.63, 3.8) is 0 Å². The minimum absolute atomic E-state index is 0.0262. The molecular formula is C17H17N3O4S2. The number of carbonyl (C=O) groups is 2. The third-order valence-corrected chi connectivity index (χ3v) is 5.23. The second-order valence-corrected chi connectivity index (χ2v) is 7.20.